The van der Waals surface area contributed by atoms with Gasteiger partial charge in [0.25, 0.3) is 0 Å². The molecule has 2 aromatic rings. The van der Waals surface area contributed by atoms with Crippen LogP contribution in [0, 0.1) is 6.92 Å². The third kappa shape index (κ3) is 1.01. The summed E-state index contributed by atoms with van der Waals surface area (Å²) in [5.41, 5.74) is 2.87. The Morgan fingerprint density at radius 3 is 3.00 bits per heavy atom. The second kappa shape index (κ2) is 2.64. The van der Waals surface area contributed by atoms with Crippen LogP contribution >= 0.6 is 0 Å². The summed E-state index contributed by atoms with van der Waals surface area (Å²) in [4.78, 5) is 0. The van der Waals surface area contributed by atoms with Crippen molar-refractivity contribution in [2.75, 3.05) is 0 Å². The van der Waals surface area contributed by atoms with Gasteiger partial charge in [0.05, 0.1) is 12.9 Å². The lowest BCUT2D eigenvalue weighted by Crippen LogP contribution is -1.86. The minimum absolute atomic E-state index is 0.0719. The number of aryl methyl sites for hydroxylation is 1. The fraction of sp³-hybridized carbons (Fsp3) is 0.200. The highest BCUT2D eigenvalue weighted by Gasteiger charge is 2.01. The van der Waals surface area contributed by atoms with E-state index in [1.807, 2.05) is 25.1 Å². The Bertz CT molecular complexity index is 401. The number of furan rings is 1. The molecule has 0 radical (unpaired) electrons. The number of benzene rings is 1. The summed E-state index contributed by atoms with van der Waals surface area (Å²) in [5.74, 6) is 0. The van der Waals surface area contributed by atoms with E-state index in [0.29, 0.717) is 0 Å². The van der Waals surface area contributed by atoms with E-state index < -0.39 is 0 Å². The number of rotatable bonds is 1. The van der Waals surface area contributed by atoms with Gasteiger partial charge in [-0.2, -0.15) is 0 Å². The van der Waals surface area contributed by atoms with Crippen molar-refractivity contribution in [1.29, 1.82) is 0 Å². The first-order valence-corrected chi connectivity index (χ1v) is 3.89. The van der Waals surface area contributed by atoms with Gasteiger partial charge in [0.2, 0.25) is 0 Å². The van der Waals surface area contributed by atoms with Crippen molar-refractivity contribution < 1.29 is 9.52 Å². The first-order chi connectivity index (χ1) is 5.81. The van der Waals surface area contributed by atoms with E-state index in [4.69, 9.17) is 9.52 Å². The zero-order valence-corrected chi connectivity index (χ0v) is 6.87. The van der Waals surface area contributed by atoms with Crippen molar-refractivity contribution in [2.24, 2.45) is 0 Å². The van der Waals surface area contributed by atoms with Gasteiger partial charge in [-0.3, -0.25) is 0 Å². The number of fused-ring (bicyclic) bond motifs is 1. The van der Waals surface area contributed by atoms with Crippen LogP contribution in [0.1, 0.15) is 11.1 Å². The maximum absolute atomic E-state index is 8.97. The Hall–Kier alpha value is -1.28. The third-order valence-electron chi connectivity index (χ3n) is 2.08. The Kier molecular flexibility index (Phi) is 1.62. The van der Waals surface area contributed by atoms with E-state index in [0.717, 1.165) is 22.1 Å². The van der Waals surface area contributed by atoms with Crippen LogP contribution < -0.4 is 0 Å². The molecule has 2 rings (SSSR count). The zero-order chi connectivity index (χ0) is 8.55. The summed E-state index contributed by atoms with van der Waals surface area (Å²) in [6, 6.07) is 5.82. The molecule has 0 amide bonds. The minimum Gasteiger partial charge on any atom is -0.464 e. The molecular weight excluding hydrogens is 152 g/mol. The van der Waals surface area contributed by atoms with Crippen LogP contribution in [0.4, 0.5) is 0 Å². The summed E-state index contributed by atoms with van der Waals surface area (Å²) in [6.07, 6.45) is 1.66. The molecular formula is C10H10O2. The summed E-state index contributed by atoms with van der Waals surface area (Å²) in [7, 11) is 0. The molecule has 12 heavy (non-hydrogen) atoms. The van der Waals surface area contributed by atoms with E-state index >= 15 is 0 Å². The number of hydrogen-bond acceptors (Lipinski definition) is 2. The van der Waals surface area contributed by atoms with Gasteiger partial charge in [-0.25, -0.2) is 0 Å². The summed E-state index contributed by atoms with van der Waals surface area (Å²) in [5, 5.41) is 10.1. The lowest BCUT2D eigenvalue weighted by atomic mass is 10.1. The van der Waals surface area contributed by atoms with Gasteiger partial charge >= 0.3 is 0 Å². The van der Waals surface area contributed by atoms with Gasteiger partial charge in [0, 0.05) is 5.39 Å². The highest BCUT2D eigenvalue weighted by molar-refractivity contribution is 5.78. The molecule has 62 valence electrons. The molecule has 0 fully saturated rings. The van der Waals surface area contributed by atoms with Crippen LogP contribution in [-0.2, 0) is 6.61 Å². The zero-order valence-electron chi connectivity index (χ0n) is 6.87. The van der Waals surface area contributed by atoms with Crippen molar-refractivity contribution in [3.8, 4) is 0 Å². The molecule has 1 heterocycles. The quantitative estimate of drug-likeness (QED) is 0.697. The van der Waals surface area contributed by atoms with Gasteiger partial charge in [-0.1, -0.05) is 0 Å². The molecule has 0 spiro atoms. The first kappa shape index (κ1) is 7.37. The Morgan fingerprint density at radius 1 is 1.42 bits per heavy atom. The first-order valence-electron chi connectivity index (χ1n) is 3.89. The molecule has 0 saturated carbocycles. The molecule has 1 N–H and O–H groups in total. The van der Waals surface area contributed by atoms with Crippen molar-refractivity contribution in [3.63, 3.8) is 0 Å². The summed E-state index contributed by atoms with van der Waals surface area (Å²) in [6.45, 7) is 2.06. The molecule has 0 bridgehead atoms. The van der Waals surface area contributed by atoms with Crippen LogP contribution in [0.15, 0.2) is 28.9 Å². The third-order valence-corrected chi connectivity index (χ3v) is 2.08. The van der Waals surface area contributed by atoms with Crippen LogP contribution in [0.3, 0.4) is 0 Å². The molecule has 0 aliphatic carbocycles. The molecule has 1 aromatic carbocycles. The second-order valence-corrected chi connectivity index (χ2v) is 2.90. The van der Waals surface area contributed by atoms with E-state index in [-0.39, 0.29) is 6.61 Å². The Labute approximate surface area is 70.4 Å². The Morgan fingerprint density at radius 2 is 2.25 bits per heavy atom. The lowest BCUT2D eigenvalue weighted by Gasteiger charge is -2.00. The van der Waals surface area contributed by atoms with E-state index in [2.05, 4.69) is 0 Å². The van der Waals surface area contributed by atoms with Crippen LogP contribution in [0.5, 0.6) is 0 Å². The van der Waals surface area contributed by atoms with Crippen LogP contribution in [0.2, 0.25) is 0 Å². The maximum Gasteiger partial charge on any atom is 0.134 e. The van der Waals surface area contributed by atoms with Gasteiger partial charge < -0.3 is 9.52 Å². The fourth-order valence-electron chi connectivity index (χ4n) is 1.34. The molecule has 0 aliphatic rings. The van der Waals surface area contributed by atoms with E-state index in [1.54, 1.807) is 6.26 Å². The lowest BCUT2D eigenvalue weighted by molar-refractivity contribution is 0.281. The molecule has 1 aromatic heterocycles. The largest absolute Gasteiger partial charge is 0.464 e. The van der Waals surface area contributed by atoms with Gasteiger partial charge in [0.15, 0.2) is 0 Å². The monoisotopic (exact) mass is 162 g/mol. The van der Waals surface area contributed by atoms with Crippen molar-refractivity contribution in [1.82, 2.24) is 0 Å². The molecule has 0 saturated heterocycles. The maximum atomic E-state index is 8.97. The Balaban J connectivity index is 2.73. The fourth-order valence-corrected chi connectivity index (χ4v) is 1.34. The van der Waals surface area contributed by atoms with Crippen LogP contribution in [-0.4, -0.2) is 5.11 Å². The smallest absolute Gasteiger partial charge is 0.134 e. The predicted molar refractivity (Wildman–Crippen MR) is 46.9 cm³/mol. The van der Waals surface area contributed by atoms with E-state index in [9.17, 15) is 0 Å². The van der Waals surface area contributed by atoms with Gasteiger partial charge in [0.1, 0.15) is 5.58 Å². The second-order valence-electron chi connectivity index (χ2n) is 2.90. The summed E-state index contributed by atoms with van der Waals surface area (Å²) < 4.78 is 5.20. The molecule has 2 heteroatoms. The average molecular weight is 162 g/mol. The van der Waals surface area contributed by atoms with Crippen molar-refractivity contribution in [2.45, 2.75) is 13.5 Å². The predicted octanol–water partition coefficient (Wildman–Crippen LogP) is 2.23. The van der Waals surface area contributed by atoms with Crippen molar-refractivity contribution in [3.05, 3.63) is 35.6 Å². The van der Waals surface area contributed by atoms with Gasteiger partial charge in [-0.15, -0.1) is 0 Å². The van der Waals surface area contributed by atoms with Crippen LogP contribution in [0.25, 0.3) is 11.0 Å². The van der Waals surface area contributed by atoms with Crippen molar-refractivity contribution >= 4 is 11.0 Å². The molecule has 0 unspecified atom stereocenters. The minimum atomic E-state index is 0.0719. The highest BCUT2D eigenvalue weighted by atomic mass is 16.3. The topological polar surface area (TPSA) is 33.4 Å². The molecule has 0 atom stereocenters. The number of aliphatic hydroxyl groups excluding tert-OH is 1. The van der Waals surface area contributed by atoms with E-state index in [1.165, 1.54) is 0 Å². The highest BCUT2D eigenvalue weighted by Crippen LogP contribution is 2.20. The number of aliphatic hydroxyl groups is 1. The molecule has 0 aliphatic heterocycles. The molecule has 2 nitrogen and oxygen atoms in total. The van der Waals surface area contributed by atoms with Gasteiger partial charge in [-0.05, 0) is 36.2 Å². The standard InChI is InChI=1S/C10H10O2/c1-7-4-8-2-3-12-10(8)5-9(7)6-11/h2-5,11H,6H2,1H3. The SMILES string of the molecule is Cc1cc2ccoc2cc1CO. The normalized spacial score (nSPS) is 10.8. The average Bonchev–Trinajstić information content (AvgIpc) is 2.49. The summed E-state index contributed by atoms with van der Waals surface area (Å²) >= 11 is 0. The number of hydrogen-bond donors (Lipinski definition) is 1.